The molecule has 1 heterocycles. The first-order valence-corrected chi connectivity index (χ1v) is 7.04. The molecule has 0 aromatic rings. The Morgan fingerprint density at radius 2 is 1.89 bits per heavy atom. The quantitative estimate of drug-likeness (QED) is 0.642. The number of rotatable bonds is 6. The number of imide groups is 1. The van der Waals surface area contributed by atoms with Crippen molar-refractivity contribution in [2.24, 2.45) is 5.92 Å². The molecule has 3 amide bonds. The second-order valence-corrected chi connectivity index (χ2v) is 5.05. The summed E-state index contributed by atoms with van der Waals surface area (Å²) < 4.78 is 0. The van der Waals surface area contributed by atoms with Gasteiger partial charge in [-0.05, 0) is 51.9 Å². The first-order valence-electron chi connectivity index (χ1n) is 7.04. The van der Waals surface area contributed by atoms with Gasteiger partial charge in [0.2, 0.25) is 5.91 Å². The minimum absolute atomic E-state index is 0.211. The highest BCUT2D eigenvalue weighted by molar-refractivity contribution is 5.94. The van der Waals surface area contributed by atoms with E-state index in [1.54, 1.807) is 0 Å². The van der Waals surface area contributed by atoms with E-state index in [0.717, 1.165) is 32.1 Å². The third-order valence-corrected chi connectivity index (χ3v) is 3.64. The van der Waals surface area contributed by atoms with Crippen LogP contribution in [0.3, 0.4) is 0 Å². The third kappa shape index (κ3) is 6.54. The zero-order chi connectivity index (χ0) is 14.1. The SMILES string of the molecule is CNCCC1CCN(CCC(=O)NC(=O)NC)CC1. The van der Waals surface area contributed by atoms with E-state index in [-0.39, 0.29) is 5.91 Å². The van der Waals surface area contributed by atoms with Crippen molar-refractivity contribution in [2.45, 2.75) is 25.7 Å². The number of nitrogens with zero attached hydrogens (tertiary/aromatic N) is 1. The van der Waals surface area contributed by atoms with Crippen LogP contribution in [-0.4, -0.2) is 57.1 Å². The first kappa shape index (κ1) is 15.9. The largest absolute Gasteiger partial charge is 0.341 e. The van der Waals surface area contributed by atoms with Gasteiger partial charge in [-0.25, -0.2) is 4.79 Å². The van der Waals surface area contributed by atoms with Crippen LogP contribution < -0.4 is 16.0 Å². The van der Waals surface area contributed by atoms with Crippen LogP contribution in [0.5, 0.6) is 0 Å². The average molecular weight is 270 g/mol. The molecule has 0 saturated carbocycles. The molecule has 0 aromatic carbocycles. The normalized spacial score (nSPS) is 17.2. The van der Waals surface area contributed by atoms with E-state index in [4.69, 9.17) is 0 Å². The summed E-state index contributed by atoms with van der Waals surface area (Å²) in [6, 6.07) is -0.434. The van der Waals surface area contributed by atoms with Gasteiger partial charge in [0.15, 0.2) is 0 Å². The minimum Gasteiger partial charge on any atom is -0.341 e. The van der Waals surface area contributed by atoms with Gasteiger partial charge in [0.25, 0.3) is 0 Å². The molecule has 0 radical (unpaired) electrons. The van der Waals surface area contributed by atoms with Crippen LogP contribution in [0.1, 0.15) is 25.7 Å². The molecule has 6 nitrogen and oxygen atoms in total. The predicted octanol–water partition coefficient (Wildman–Crippen LogP) is 0.154. The summed E-state index contributed by atoms with van der Waals surface area (Å²) in [5.74, 6) is 0.597. The molecule has 110 valence electrons. The number of carbonyl (C=O) groups is 2. The average Bonchev–Trinajstić information content (AvgIpc) is 2.43. The van der Waals surface area contributed by atoms with Crippen molar-refractivity contribution in [2.75, 3.05) is 40.3 Å². The molecule has 1 saturated heterocycles. The molecule has 6 heteroatoms. The van der Waals surface area contributed by atoms with Crippen LogP contribution in [0, 0.1) is 5.92 Å². The van der Waals surface area contributed by atoms with E-state index < -0.39 is 6.03 Å². The number of urea groups is 1. The van der Waals surface area contributed by atoms with Gasteiger partial charge in [0.1, 0.15) is 0 Å². The number of hydrogen-bond acceptors (Lipinski definition) is 4. The number of carbonyl (C=O) groups excluding carboxylic acids is 2. The van der Waals surface area contributed by atoms with Crippen molar-refractivity contribution < 1.29 is 9.59 Å². The third-order valence-electron chi connectivity index (χ3n) is 3.64. The van der Waals surface area contributed by atoms with Crippen LogP contribution in [-0.2, 0) is 4.79 Å². The minimum atomic E-state index is -0.434. The number of likely N-dealkylation sites (tertiary alicyclic amines) is 1. The smallest absolute Gasteiger partial charge is 0.321 e. The van der Waals surface area contributed by atoms with Crippen LogP contribution >= 0.6 is 0 Å². The molecular weight excluding hydrogens is 244 g/mol. The molecule has 1 rings (SSSR count). The number of nitrogens with one attached hydrogen (secondary N) is 3. The maximum atomic E-state index is 11.5. The summed E-state index contributed by atoms with van der Waals surface area (Å²) >= 11 is 0. The highest BCUT2D eigenvalue weighted by Gasteiger charge is 2.19. The first-order chi connectivity index (χ1) is 9.15. The van der Waals surface area contributed by atoms with Gasteiger partial charge >= 0.3 is 6.03 Å². The molecule has 0 atom stereocenters. The fraction of sp³-hybridized carbons (Fsp3) is 0.846. The van der Waals surface area contributed by atoms with Gasteiger partial charge in [-0.15, -0.1) is 0 Å². The van der Waals surface area contributed by atoms with E-state index in [1.807, 2.05) is 7.05 Å². The molecule has 1 fully saturated rings. The molecule has 1 aliphatic rings. The van der Waals surface area contributed by atoms with E-state index in [9.17, 15) is 9.59 Å². The molecule has 0 aliphatic carbocycles. The lowest BCUT2D eigenvalue weighted by Crippen LogP contribution is -2.40. The highest BCUT2D eigenvalue weighted by atomic mass is 16.2. The van der Waals surface area contributed by atoms with Crippen molar-refractivity contribution in [3.63, 3.8) is 0 Å². The lowest BCUT2D eigenvalue weighted by molar-refractivity contribution is -0.120. The topological polar surface area (TPSA) is 73.5 Å². The highest BCUT2D eigenvalue weighted by Crippen LogP contribution is 2.19. The molecule has 0 unspecified atom stereocenters. The molecular formula is C13H26N4O2. The summed E-state index contributed by atoms with van der Waals surface area (Å²) in [6.07, 6.45) is 4.04. The molecule has 19 heavy (non-hydrogen) atoms. The van der Waals surface area contributed by atoms with Crippen LogP contribution in [0.4, 0.5) is 4.79 Å². The molecule has 0 bridgehead atoms. The Bertz CT molecular complexity index is 288. The summed E-state index contributed by atoms with van der Waals surface area (Å²) in [4.78, 5) is 24.7. The lowest BCUT2D eigenvalue weighted by atomic mass is 9.93. The number of amides is 3. The van der Waals surface area contributed by atoms with Crippen LogP contribution in [0.25, 0.3) is 0 Å². The van der Waals surface area contributed by atoms with Crippen molar-refractivity contribution in [1.82, 2.24) is 20.9 Å². The summed E-state index contributed by atoms with van der Waals surface area (Å²) in [5, 5.41) is 7.84. The number of hydrogen-bond donors (Lipinski definition) is 3. The van der Waals surface area contributed by atoms with E-state index >= 15 is 0 Å². The summed E-state index contributed by atoms with van der Waals surface area (Å²) in [6.45, 7) is 3.93. The Labute approximate surface area is 115 Å². The summed E-state index contributed by atoms with van der Waals surface area (Å²) in [5.41, 5.74) is 0. The second kappa shape index (κ2) is 8.87. The van der Waals surface area contributed by atoms with Gasteiger partial charge < -0.3 is 15.5 Å². The van der Waals surface area contributed by atoms with Crippen molar-refractivity contribution in [3.05, 3.63) is 0 Å². The van der Waals surface area contributed by atoms with Gasteiger partial charge in [-0.3, -0.25) is 10.1 Å². The fourth-order valence-electron chi connectivity index (χ4n) is 2.36. The zero-order valence-electron chi connectivity index (χ0n) is 12.0. The molecule has 3 N–H and O–H groups in total. The summed E-state index contributed by atoms with van der Waals surface area (Å²) in [7, 11) is 3.48. The Hall–Kier alpha value is -1.14. The second-order valence-electron chi connectivity index (χ2n) is 5.05. The fourth-order valence-corrected chi connectivity index (χ4v) is 2.36. The monoisotopic (exact) mass is 270 g/mol. The molecule has 0 aromatic heterocycles. The van der Waals surface area contributed by atoms with Gasteiger partial charge in [-0.2, -0.15) is 0 Å². The van der Waals surface area contributed by atoms with E-state index in [1.165, 1.54) is 26.3 Å². The Morgan fingerprint density at radius 1 is 1.21 bits per heavy atom. The van der Waals surface area contributed by atoms with Crippen molar-refractivity contribution in [3.8, 4) is 0 Å². The van der Waals surface area contributed by atoms with Crippen molar-refractivity contribution >= 4 is 11.9 Å². The standard InChI is InChI=1S/C13H26N4O2/c1-14-7-3-11-4-8-17(9-5-11)10-6-12(18)16-13(19)15-2/h11,14H,3-10H2,1-2H3,(H2,15,16,18,19). The Kier molecular flexibility index (Phi) is 7.43. The number of piperidine rings is 1. The zero-order valence-corrected chi connectivity index (χ0v) is 12.0. The van der Waals surface area contributed by atoms with Gasteiger partial charge in [0, 0.05) is 20.0 Å². The predicted molar refractivity (Wildman–Crippen MR) is 74.9 cm³/mol. The van der Waals surface area contributed by atoms with Crippen molar-refractivity contribution in [1.29, 1.82) is 0 Å². The van der Waals surface area contributed by atoms with Gasteiger partial charge in [-0.1, -0.05) is 0 Å². The Morgan fingerprint density at radius 3 is 2.47 bits per heavy atom. The molecule has 0 spiro atoms. The van der Waals surface area contributed by atoms with Crippen LogP contribution in [0.15, 0.2) is 0 Å². The molecule has 1 aliphatic heterocycles. The van der Waals surface area contributed by atoms with Crippen LogP contribution in [0.2, 0.25) is 0 Å². The van der Waals surface area contributed by atoms with Gasteiger partial charge in [0.05, 0.1) is 0 Å². The van der Waals surface area contributed by atoms with E-state index in [0.29, 0.717) is 6.42 Å². The lowest BCUT2D eigenvalue weighted by Gasteiger charge is -2.31. The maximum Gasteiger partial charge on any atom is 0.321 e. The van der Waals surface area contributed by atoms with E-state index in [2.05, 4.69) is 20.9 Å². The Balaban J connectivity index is 2.12. The maximum absolute atomic E-state index is 11.5.